The van der Waals surface area contributed by atoms with Crippen LogP contribution < -0.4 is 10.1 Å². The average Bonchev–Trinajstić information content (AvgIpc) is 2.95. The summed E-state index contributed by atoms with van der Waals surface area (Å²) in [4.78, 5) is 4.26. The summed E-state index contributed by atoms with van der Waals surface area (Å²) in [6.45, 7) is 3.21. The molecule has 2 aromatic carbocycles. The highest BCUT2D eigenvalue weighted by molar-refractivity contribution is 7.18. The van der Waals surface area contributed by atoms with Crippen LogP contribution in [0.3, 0.4) is 0 Å². The molecule has 0 radical (unpaired) electrons. The van der Waals surface area contributed by atoms with Gasteiger partial charge in [-0.1, -0.05) is 6.92 Å². The van der Waals surface area contributed by atoms with Crippen molar-refractivity contribution in [1.29, 1.82) is 0 Å². The average molecular weight is 334 g/mol. The molecule has 0 atom stereocenters. The second-order valence-electron chi connectivity index (χ2n) is 5.07. The molecular formula is C17H16F2N2OS. The molecule has 3 rings (SSSR count). The summed E-state index contributed by atoms with van der Waals surface area (Å²) < 4.78 is 32.7. The monoisotopic (exact) mass is 334 g/mol. The number of nitrogens with zero attached hydrogens (tertiary/aromatic N) is 1. The van der Waals surface area contributed by atoms with E-state index >= 15 is 0 Å². The van der Waals surface area contributed by atoms with Crippen LogP contribution in [0.4, 0.5) is 14.5 Å². The predicted octanol–water partition coefficient (Wildman–Crippen LogP) is 4.98. The van der Waals surface area contributed by atoms with Crippen LogP contribution in [0.5, 0.6) is 5.75 Å². The summed E-state index contributed by atoms with van der Waals surface area (Å²) in [5, 5.41) is 3.92. The number of rotatable bonds is 6. The van der Waals surface area contributed by atoms with Crippen molar-refractivity contribution in [3.8, 4) is 5.75 Å². The number of halogens is 2. The lowest BCUT2D eigenvalue weighted by molar-refractivity contribution is 0.317. The summed E-state index contributed by atoms with van der Waals surface area (Å²) in [5.41, 5.74) is 1.27. The van der Waals surface area contributed by atoms with Gasteiger partial charge in [0.25, 0.3) is 0 Å². The Morgan fingerprint density at radius 1 is 1.17 bits per heavy atom. The van der Waals surface area contributed by atoms with Gasteiger partial charge < -0.3 is 10.1 Å². The molecular weight excluding hydrogens is 318 g/mol. The highest BCUT2D eigenvalue weighted by Crippen LogP contribution is 2.26. The first-order valence-electron chi connectivity index (χ1n) is 7.37. The van der Waals surface area contributed by atoms with E-state index in [4.69, 9.17) is 4.74 Å². The number of benzene rings is 2. The van der Waals surface area contributed by atoms with E-state index in [0.717, 1.165) is 23.9 Å². The van der Waals surface area contributed by atoms with Gasteiger partial charge in [0.05, 0.1) is 23.4 Å². The Kier molecular flexibility index (Phi) is 4.71. The SMILES string of the molecule is CCCOc1ccc(NCc2nc3cc(F)cc(F)c3s2)cc1. The van der Waals surface area contributed by atoms with Crippen molar-refractivity contribution in [2.24, 2.45) is 0 Å². The molecule has 0 amide bonds. The second kappa shape index (κ2) is 6.91. The lowest BCUT2D eigenvalue weighted by Gasteiger charge is -2.07. The van der Waals surface area contributed by atoms with Crippen LogP contribution >= 0.6 is 11.3 Å². The fourth-order valence-corrected chi connectivity index (χ4v) is 3.04. The Labute approximate surface area is 136 Å². The van der Waals surface area contributed by atoms with Crippen LogP contribution in [0.15, 0.2) is 36.4 Å². The Morgan fingerprint density at radius 2 is 1.96 bits per heavy atom. The molecule has 120 valence electrons. The third kappa shape index (κ3) is 3.76. The first-order chi connectivity index (χ1) is 11.2. The van der Waals surface area contributed by atoms with E-state index in [1.54, 1.807) is 0 Å². The summed E-state index contributed by atoms with van der Waals surface area (Å²) in [6.07, 6.45) is 0.967. The van der Waals surface area contributed by atoms with E-state index in [1.807, 2.05) is 24.3 Å². The van der Waals surface area contributed by atoms with Gasteiger partial charge in [-0.15, -0.1) is 11.3 Å². The first-order valence-corrected chi connectivity index (χ1v) is 8.18. The standard InChI is InChI=1S/C17H16F2N2OS/c1-2-7-22-13-5-3-12(4-6-13)20-10-16-21-15-9-11(18)8-14(19)17(15)23-16/h3-6,8-9,20H,2,7,10H2,1H3. The Hall–Kier alpha value is -2.21. The van der Waals surface area contributed by atoms with Gasteiger partial charge in [-0.3, -0.25) is 0 Å². The number of fused-ring (bicyclic) bond motifs is 1. The number of hydrogen-bond donors (Lipinski definition) is 1. The smallest absolute Gasteiger partial charge is 0.145 e. The van der Waals surface area contributed by atoms with Gasteiger partial charge in [-0.05, 0) is 30.7 Å². The summed E-state index contributed by atoms with van der Waals surface area (Å²) in [6, 6.07) is 9.75. The minimum Gasteiger partial charge on any atom is -0.494 e. The summed E-state index contributed by atoms with van der Waals surface area (Å²) in [5.74, 6) is -0.349. The van der Waals surface area contributed by atoms with E-state index in [-0.39, 0.29) is 0 Å². The number of anilines is 1. The lowest BCUT2D eigenvalue weighted by Crippen LogP contribution is -1.99. The molecule has 0 aliphatic carbocycles. The zero-order valence-corrected chi connectivity index (χ0v) is 13.4. The minimum absolute atomic E-state index is 0.354. The maximum Gasteiger partial charge on any atom is 0.145 e. The molecule has 1 heterocycles. The summed E-state index contributed by atoms with van der Waals surface area (Å²) in [7, 11) is 0. The minimum atomic E-state index is -0.609. The van der Waals surface area contributed by atoms with Crippen molar-refractivity contribution in [2.45, 2.75) is 19.9 Å². The fourth-order valence-electron chi connectivity index (χ4n) is 2.15. The molecule has 3 aromatic rings. The van der Waals surface area contributed by atoms with E-state index in [2.05, 4.69) is 17.2 Å². The van der Waals surface area contributed by atoms with E-state index in [9.17, 15) is 8.78 Å². The second-order valence-corrected chi connectivity index (χ2v) is 6.15. The molecule has 1 aromatic heterocycles. The molecule has 6 heteroatoms. The molecule has 0 aliphatic rings. The van der Waals surface area contributed by atoms with Gasteiger partial charge in [-0.2, -0.15) is 0 Å². The van der Waals surface area contributed by atoms with Crippen LogP contribution in [-0.4, -0.2) is 11.6 Å². The maximum atomic E-state index is 13.7. The molecule has 0 saturated heterocycles. The van der Waals surface area contributed by atoms with Gasteiger partial charge in [0.15, 0.2) is 0 Å². The third-order valence-electron chi connectivity index (χ3n) is 3.22. The highest BCUT2D eigenvalue weighted by atomic mass is 32.1. The maximum absolute atomic E-state index is 13.7. The van der Waals surface area contributed by atoms with Crippen LogP contribution in [0.25, 0.3) is 10.2 Å². The zero-order chi connectivity index (χ0) is 16.2. The number of thiazole rings is 1. The molecule has 23 heavy (non-hydrogen) atoms. The number of hydrogen-bond acceptors (Lipinski definition) is 4. The largest absolute Gasteiger partial charge is 0.494 e. The molecule has 3 nitrogen and oxygen atoms in total. The molecule has 0 bridgehead atoms. The van der Waals surface area contributed by atoms with E-state index < -0.39 is 11.6 Å². The molecule has 0 saturated carbocycles. The number of nitrogens with one attached hydrogen (secondary N) is 1. The van der Waals surface area contributed by atoms with Crippen LogP contribution in [0, 0.1) is 11.6 Å². The summed E-state index contributed by atoms with van der Waals surface area (Å²) >= 11 is 1.23. The molecule has 0 unspecified atom stereocenters. The highest BCUT2D eigenvalue weighted by Gasteiger charge is 2.10. The van der Waals surface area contributed by atoms with Crippen molar-refractivity contribution >= 4 is 27.2 Å². The van der Waals surface area contributed by atoms with Gasteiger partial charge in [-0.25, -0.2) is 13.8 Å². The van der Waals surface area contributed by atoms with Crippen molar-refractivity contribution < 1.29 is 13.5 Å². The topological polar surface area (TPSA) is 34.1 Å². The van der Waals surface area contributed by atoms with Crippen LogP contribution in [0.1, 0.15) is 18.4 Å². The zero-order valence-electron chi connectivity index (χ0n) is 12.6. The Morgan fingerprint density at radius 3 is 2.70 bits per heavy atom. The number of ether oxygens (including phenoxy) is 1. The number of aromatic nitrogens is 1. The van der Waals surface area contributed by atoms with Crippen molar-refractivity contribution in [3.63, 3.8) is 0 Å². The third-order valence-corrected chi connectivity index (χ3v) is 4.30. The molecule has 0 spiro atoms. The van der Waals surface area contributed by atoms with E-state index in [1.165, 1.54) is 17.4 Å². The van der Waals surface area contributed by atoms with E-state index in [0.29, 0.717) is 28.4 Å². The lowest BCUT2D eigenvalue weighted by atomic mass is 10.3. The van der Waals surface area contributed by atoms with Crippen LogP contribution in [0.2, 0.25) is 0 Å². The van der Waals surface area contributed by atoms with Crippen molar-refractivity contribution in [1.82, 2.24) is 4.98 Å². The van der Waals surface area contributed by atoms with Gasteiger partial charge >= 0.3 is 0 Å². The molecule has 0 fully saturated rings. The fraction of sp³-hybridized carbons (Fsp3) is 0.235. The van der Waals surface area contributed by atoms with Crippen molar-refractivity contribution in [3.05, 3.63) is 53.0 Å². The van der Waals surface area contributed by atoms with Gasteiger partial charge in [0, 0.05) is 17.8 Å². The molecule has 0 aliphatic heterocycles. The first kappa shape index (κ1) is 15.7. The quantitative estimate of drug-likeness (QED) is 0.691. The normalized spacial score (nSPS) is 10.9. The molecule has 1 N–H and O–H groups in total. The van der Waals surface area contributed by atoms with Gasteiger partial charge in [0.2, 0.25) is 0 Å². The predicted molar refractivity (Wildman–Crippen MR) is 89.1 cm³/mol. The van der Waals surface area contributed by atoms with Crippen molar-refractivity contribution in [2.75, 3.05) is 11.9 Å². The van der Waals surface area contributed by atoms with Crippen LogP contribution in [-0.2, 0) is 6.54 Å². The Bertz CT molecular complexity index is 802. The Balaban J connectivity index is 1.67. The van der Waals surface area contributed by atoms with Gasteiger partial charge in [0.1, 0.15) is 22.4 Å².